The number of hydrogen-bond donors (Lipinski definition) is 2. The normalized spacial score (nSPS) is 13.4. The molecule has 3 rings (SSSR count). The van der Waals surface area contributed by atoms with Gasteiger partial charge in [0.1, 0.15) is 11.6 Å². The minimum atomic E-state index is -0.330. The minimum Gasteiger partial charge on any atom is -0.493 e. The molecule has 1 aliphatic heterocycles. The molecule has 4 nitrogen and oxygen atoms in total. The van der Waals surface area contributed by atoms with E-state index in [1.807, 2.05) is 6.07 Å². The Morgan fingerprint density at radius 1 is 1.24 bits per heavy atom. The van der Waals surface area contributed by atoms with Crippen LogP contribution in [0.1, 0.15) is 35.3 Å². The van der Waals surface area contributed by atoms with Gasteiger partial charge >= 0.3 is 0 Å². The van der Waals surface area contributed by atoms with Crippen molar-refractivity contribution in [3.63, 3.8) is 0 Å². The number of carbonyl (C=O) groups is 1. The van der Waals surface area contributed by atoms with Gasteiger partial charge in [-0.05, 0) is 60.3 Å². The highest BCUT2D eigenvalue weighted by atomic mass is 19.1. The molecule has 0 aliphatic carbocycles. The molecule has 2 aromatic rings. The number of rotatable bonds is 5. The molecule has 0 unspecified atom stereocenters. The highest BCUT2D eigenvalue weighted by Gasteiger charge is 2.18. The van der Waals surface area contributed by atoms with E-state index < -0.39 is 0 Å². The molecule has 0 fully saturated rings. The monoisotopic (exact) mass is 342 g/mol. The van der Waals surface area contributed by atoms with E-state index in [4.69, 9.17) is 4.74 Å². The summed E-state index contributed by atoms with van der Waals surface area (Å²) in [5, 5.41) is 5.88. The number of fused-ring (bicyclic) bond motifs is 1. The zero-order valence-electron chi connectivity index (χ0n) is 14.6. The summed E-state index contributed by atoms with van der Waals surface area (Å²) in [4.78, 5) is 12.4. The lowest BCUT2D eigenvalue weighted by Gasteiger charge is -2.19. The van der Waals surface area contributed by atoms with Gasteiger partial charge in [0.15, 0.2) is 0 Å². The molecule has 1 heterocycles. The van der Waals surface area contributed by atoms with E-state index in [-0.39, 0.29) is 17.4 Å². The van der Waals surface area contributed by atoms with Crippen LogP contribution in [0.15, 0.2) is 36.4 Å². The van der Waals surface area contributed by atoms with Gasteiger partial charge < -0.3 is 15.4 Å². The third-order valence-electron chi connectivity index (χ3n) is 4.16. The van der Waals surface area contributed by atoms with Gasteiger partial charge in [-0.3, -0.25) is 4.79 Å². The standard InChI is InChI=1S/C20H23FN2O2/c1-13(2)12-25-16-6-3-14(4-7-16)20(24)23-18-8-5-15-11-22-10-9-17(15)19(18)21/h3-8,13,22H,9-12H2,1-2H3,(H,23,24). The lowest BCUT2D eigenvalue weighted by Crippen LogP contribution is -2.25. The first kappa shape index (κ1) is 17.4. The minimum absolute atomic E-state index is 0.228. The topological polar surface area (TPSA) is 50.4 Å². The van der Waals surface area contributed by atoms with Gasteiger partial charge in [0.05, 0.1) is 12.3 Å². The number of ether oxygens (including phenoxy) is 1. The molecule has 25 heavy (non-hydrogen) atoms. The average molecular weight is 342 g/mol. The molecule has 0 bridgehead atoms. The second-order valence-electron chi connectivity index (χ2n) is 6.67. The quantitative estimate of drug-likeness (QED) is 0.870. The molecule has 2 aromatic carbocycles. The van der Waals surface area contributed by atoms with E-state index in [1.54, 1.807) is 30.3 Å². The molecule has 2 N–H and O–H groups in total. The fourth-order valence-electron chi connectivity index (χ4n) is 2.79. The Balaban J connectivity index is 1.70. The van der Waals surface area contributed by atoms with Crippen molar-refractivity contribution >= 4 is 11.6 Å². The molecule has 5 heteroatoms. The molecule has 0 atom stereocenters. The van der Waals surface area contributed by atoms with Crippen molar-refractivity contribution in [3.8, 4) is 5.75 Å². The summed E-state index contributed by atoms with van der Waals surface area (Å²) in [5.41, 5.74) is 2.34. The van der Waals surface area contributed by atoms with Gasteiger partial charge in [0.25, 0.3) is 5.91 Å². The fourth-order valence-corrected chi connectivity index (χ4v) is 2.79. The summed E-state index contributed by atoms with van der Waals surface area (Å²) < 4.78 is 20.2. The molecule has 1 aliphatic rings. The van der Waals surface area contributed by atoms with Gasteiger partial charge in [0, 0.05) is 12.1 Å². The van der Waals surface area contributed by atoms with Crippen LogP contribution in [0.3, 0.4) is 0 Å². The van der Waals surface area contributed by atoms with Crippen molar-refractivity contribution in [1.82, 2.24) is 5.32 Å². The van der Waals surface area contributed by atoms with Crippen LogP contribution in [0, 0.1) is 11.7 Å². The van der Waals surface area contributed by atoms with Crippen LogP contribution < -0.4 is 15.4 Å². The van der Waals surface area contributed by atoms with Crippen LogP contribution >= 0.6 is 0 Å². The Labute approximate surface area is 147 Å². The number of hydrogen-bond acceptors (Lipinski definition) is 3. The average Bonchev–Trinajstić information content (AvgIpc) is 2.63. The van der Waals surface area contributed by atoms with Crippen LogP contribution in [0.5, 0.6) is 5.75 Å². The Morgan fingerprint density at radius 2 is 2.00 bits per heavy atom. The Bertz CT molecular complexity index is 757. The maximum atomic E-state index is 14.6. The SMILES string of the molecule is CC(C)COc1ccc(C(=O)Nc2ccc3c(c2F)CCNC3)cc1. The lowest BCUT2D eigenvalue weighted by molar-refractivity contribution is 0.102. The third kappa shape index (κ3) is 4.17. The van der Waals surface area contributed by atoms with Gasteiger partial charge in [-0.2, -0.15) is 0 Å². The smallest absolute Gasteiger partial charge is 0.255 e. The predicted octanol–water partition coefficient (Wildman–Crippen LogP) is 3.76. The maximum Gasteiger partial charge on any atom is 0.255 e. The van der Waals surface area contributed by atoms with Crippen LogP contribution in [0.25, 0.3) is 0 Å². The lowest BCUT2D eigenvalue weighted by atomic mass is 9.99. The molecule has 0 radical (unpaired) electrons. The third-order valence-corrected chi connectivity index (χ3v) is 4.16. The van der Waals surface area contributed by atoms with Gasteiger partial charge in [-0.1, -0.05) is 19.9 Å². The second kappa shape index (κ2) is 7.66. The first-order valence-corrected chi connectivity index (χ1v) is 8.60. The summed E-state index contributed by atoms with van der Waals surface area (Å²) in [6.45, 7) is 6.19. The molecular weight excluding hydrogens is 319 g/mol. The predicted molar refractivity (Wildman–Crippen MR) is 96.5 cm³/mol. The molecule has 1 amide bonds. The highest BCUT2D eigenvalue weighted by Crippen LogP contribution is 2.25. The molecule has 0 saturated heterocycles. The van der Waals surface area contributed by atoms with Crippen molar-refractivity contribution < 1.29 is 13.9 Å². The van der Waals surface area contributed by atoms with Gasteiger partial charge in [0.2, 0.25) is 0 Å². The van der Waals surface area contributed by atoms with E-state index in [9.17, 15) is 9.18 Å². The summed E-state index contributed by atoms with van der Waals surface area (Å²) in [6, 6.07) is 10.4. The highest BCUT2D eigenvalue weighted by molar-refractivity contribution is 6.04. The summed E-state index contributed by atoms with van der Waals surface area (Å²) in [6.07, 6.45) is 0.632. The van der Waals surface area contributed by atoms with E-state index in [2.05, 4.69) is 24.5 Å². The molecular formula is C20H23FN2O2. The van der Waals surface area contributed by atoms with Crippen molar-refractivity contribution in [2.75, 3.05) is 18.5 Å². The fraction of sp³-hybridized carbons (Fsp3) is 0.350. The van der Waals surface area contributed by atoms with Crippen molar-refractivity contribution in [1.29, 1.82) is 0 Å². The number of benzene rings is 2. The molecule has 132 valence electrons. The first-order valence-electron chi connectivity index (χ1n) is 8.60. The maximum absolute atomic E-state index is 14.6. The number of halogens is 1. The Hall–Kier alpha value is -2.40. The number of carbonyl (C=O) groups excluding carboxylic acids is 1. The second-order valence-corrected chi connectivity index (χ2v) is 6.67. The van der Waals surface area contributed by atoms with Crippen LogP contribution in [-0.2, 0) is 13.0 Å². The van der Waals surface area contributed by atoms with E-state index in [1.165, 1.54) is 0 Å². The van der Waals surface area contributed by atoms with E-state index in [0.717, 1.165) is 17.9 Å². The summed E-state index contributed by atoms with van der Waals surface area (Å²) in [7, 11) is 0. The van der Waals surface area contributed by atoms with Gasteiger partial charge in [-0.25, -0.2) is 4.39 Å². The van der Waals surface area contributed by atoms with Crippen molar-refractivity contribution in [2.24, 2.45) is 5.92 Å². The molecule has 0 saturated carbocycles. The summed E-state index contributed by atoms with van der Waals surface area (Å²) >= 11 is 0. The van der Waals surface area contributed by atoms with Crippen LogP contribution in [0.2, 0.25) is 0 Å². The zero-order valence-corrected chi connectivity index (χ0v) is 14.6. The molecule has 0 aromatic heterocycles. The Kier molecular flexibility index (Phi) is 5.34. The zero-order chi connectivity index (χ0) is 17.8. The number of amides is 1. The van der Waals surface area contributed by atoms with Gasteiger partial charge in [-0.15, -0.1) is 0 Å². The van der Waals surface area contributed by atoms with E-state index in [0.29, 0.717) is 36.6 Å². The van der Waals surface area contributed by atoms with Crippen LogP contribution in [-0.4, -0.2) is 19.1 Å². The van der Waals surface area contributed by atoms with E-state index >= 15 is 0 Å². The number of anilines is 1. The summed E-state index contributed by atoms with van der Waals surface area (Å²) in [5.74, 6) is 0.496. The van der Waals surface area contributed by atoms with Crippen LogP contribution in [0.4, 0.5) is 10.1 Å². The number of nitrogens with one attached hydrogen (secondary N) is 2. The Morgan fingerprint density at radius 3 is 2.72 bits per heavy atom. The van der Waals surface area contributed by atoms with Crippen molar-refractivity contribution in [3.05, 3.63) is 58.9 Å². The first-order chi connectivity index (χ1) is 12.0. The largest absolute Gasteiger partial charge is 0.493 e. The van der Waals surface area contributed by atoms with Crippen molar-refractivity contribution in [2.45, 2.75) is 26.8 Å². The molecule has 0 spiro atoms.